The number of hydrogen-bond donors (Lipinski definition) is 5. The maximum absolute atomic E-state index is 13.4. The number of aryl methyl sites for hydroxylation is 1. The zero-order valence-corrected chi connectivity index (χ0v) is 16.8. The molecule has 3 rings (SSSR count). The fraction of sp³-hybridized carbons (Fsp3) is 0.217. The third-order valence-electron chi connectivity index (χ3n) is 4.79. The molecule has 0 amide bonds. The molecule has 0 bridgehead atoms. The molecule has 0 aliphatic rings. The molecule has 162 valence electrons. The van der Waals surface area contributed by atoms with Crippen LogP contribution in [0, 0.1) is 0 Å². The first-order chi connectivity index (χ1) is 14.7. The average molecular weight is 426 g/mol. The van der Waals surface area contributed by atoms with Gasteiger partial charge in [0.2, 0.25) is 5.78 Å². The number of benzene rings is 2. The van der Waals surface area contributed by atoms with Gasteiger partial charge in [0.25, 0.3) is 0 Å². The molecular formula is C23H22O8. The van der Waals surface area contributed by atoms with Crippen LogP contribution >= 0.6 is 0 Å². The Labute approximate surface area is 177 Å². The maximum atomic E-state index is 13.4. The third kappa shape index (κ3) is 4.80. The summed E-state index contributed by atoms with van der Waals surface area (Å²) in [6, 6.07) is 6.69. The van der Waals surface area contributed by atoms with Gasteiger partial charge in [0.15, 0.2) is 0 Å². The number of hydrogen-bond acceptors (Lipinski definition) is 8. The molecule has 0 atom stereocenters. The molecule has 8 nitrogen and oxygen atoms in total. The summed E-state index contributed by atoms with van der Waals surface area (Å²) in [5.41, 5.74) is -0.560. The summed E-state index contributed by atoms with van der Waals surface area (Å²) in [5.74, 6) is -2.55. The highest BCUT2D eigenvalue weighted by Crippen LogP contribution is 2.36. The number of carbonyl (C=O) groups is 1. The van der Waals surface area contributed by atoms with Gasteiger partial charge in [0.1, 0.15) is 34.5 Å². The lowest BCUT2D eigenvalue weighted by Gasteiger charge is -2.15. The molecule has 0 radical (unpaired) electrons. The second-order valence-corrected chi connectivity index (χ2v) is 7.21. The van der Waals surface area contributed by atoms with Crippen LogP contribution in [0.25, 0.3) is 0 Å². The molecule has 0 fully saturated rings. The van der Waals surface area contributed by atoms with Crippen LogP contribution in [0.15, 0.2) is 45.6 Å². The molecule has 31 heavy (non-hydrogen) atoms. The van der Waals surface area contributed by atoms with Gasteiger partial charge in [-0.25, -0.2) is 4.79 Å². The molecule has 3 aromatic rings. The van der Waals surface area contributed by atoms with Crippen LogP contribution < -0.4 is 5.63 Å². The van der Waals surface area contributed by atoms with Gasteiger partial charge in [0.05, 0.1) is 17.2 Å². The molecular weight excluding hydrogens is 404 g/mol. The topological polar surface area (TPSA) is 148 Å². The van der Waals surface area contributed by atoms with Gasteiger partial charge in [-0.3, -0.25) is 4.79 Å². The largest absolute Gasteiger partial charge is 0.508 e. The monoisotopic (exact) mass is 426 g/mol. The SMILES string of the molecule is CCCCc1cc(O)cc(O)c1C(=O)c1c(O)cc(O)cc1Cc1cc(O)cc(=O)o1. The summed E-state index contributed by atoms with van der Waals surface area (Å²) in [7, 11) is 0. The molecule has 8 heteroatoms. The van der Waals surface area contributed by atoms with E-state index in [-0.39, 0.29) is 46.1 Å². The van der Waals surface area contributed by atoms with E-state index < -0.39 is 22.9 Å². The van der Waals surface area contributed by atoms with Crippen molar-refractivity contribution in [2.45, 2.75) is 32.6 Å². The Bertz CT molecular complexity index is 1190. The Morgan fingerprint density at radius 2 is 1.35 bits per heavy atom. The van der Waals surface area contributed by atoms with Crippen molar-refractivity contribution >= 4 is 5.78 Å². The molecule has 0 aliphatic heterocycles. The molecule has 5 N–H and O–H groups in total. The first kappa shape index (κ1) is 21.8. The number of rotatable bonds is 7. The fourth-order valence-electron chi connectivity index (χ4n) is 3.48. The van der Waals surface area contributed by atoms with E-state index in [1.807, 2.05) is 6.92 Å². The van der Waals surface area contributed by atoms with Gasteiger partial charge >= 0.3 is 5.63 Å². The number of ketones is 1. The Hall–Kier alpha value is -3.94. The molecule has 0 unspecified atom stereocenters. The Kier molecular flexibility index (Phi) is 6.20. The van der Waals surface area contributed by atoms with Crippen molar-refractivity contribution in [2.24, 2.45) is 0 Å². The minimum absolute atomic E-state index is 0.00480. The molecule has 0 saturated carbocycles. The second kappa shape index (κ2) is 8.83. The van der Waals surface area contributed by atoms with Gasteiger partial charge in [-0.1, -0.05) is 13.3 Å². The lowest BCUT2D eigenvalue weighted by Crippen LogP contribution is -2.11. The quantitative estimate of drug-likeness (QED) is 0.361. The summed E-state index contributed by atoms with van der Waals surface area (Å²) < 4.78 is 5.03. The summed E-state index contributed by atoms with van der Waals surface area (Å²) in [4.78, 5) is 25.0. The van der Waals surface area contributed by atoms with Crippen LogP contribution in [-0.4, -0.2) is 31.3 Å². The van der Waals surface area contributed by atoms with Crippen molar-refractivity contribution in [3.8, 4) is 28.7 Å². The van der Waals surface area contributed by atoms with Crippen LogP contribution in [0.3, 0.4) is 0 Å². The third-order valence-corrected chi connectivity index (χ3v) is 4.79. The van der Waals surface area contributed by atoms with Crippen LogP contribution in [-0.2, 0) is 12.8 Å². The lowest BCUT2D eigenvalue weighted by atomic mass is 9.90. The first-order valence-corrected chi connectivity index (χ1v) is 9.67. The summed E-state index contributed by atoms with van der Waals surface area (Å²) in [6.07, 6.45) is 1.73. The van der Waals surface area contributed by atoms with Crippen LogP contribution in [0.1, 0.15) is 52.6 Å². The van der Waals surface area contributed by atoms with Crippen LogP contribution in [0.2, 0.25) is 0 Å². The maximum Gasteiger partial charge on any atom is 0.339 e. The van der Waals surface area contributed by atoms with Crippen molar-refractivity contribution in [2.75, 3.05) is 0 Å². The van der Waals surface area contributed by atoms with Gasteiger partial charge in [-0.05, 0) is 36.1 Å². The minimum Gasteiger partial charge on any atom is -0.508 e. The molecule has 1 heterocycles. The van der Waals surface area contributed by atoms with E-state index in [0.29, 0.717) is 18.4 Å². The molecule has 2 aromatic carbocycles. The zero-order valence-electron chi connectivity index (χ0n) is 16.8. The van der Waals surface area contributed by atoms with Gasteiger partial charge in [-0.2, -0.15) is 0 Å². The standard InChI is InChI=1S/C23H22O8/c1-2-3-4-12-5-14(24)9-18(27)21(12)23(30)22-13(6-15(25)10-19(22)28)7-17-8-16(26)11-20(29)31-17/h5-6,8-11,24-28H,2-4,7H2,1H3. The van der Waals surface area contributed by atoms with Crippen molar-refractivity contribution in [3.05, 3.63) is 74.8 Å². The number of carbonyl (C=O) groups excluding carboxylic acids is 1. The van der Waals surface area contributed by atoms with E-state index in [0.717, 1.165) is 24.6 Å². The van der Waals surface area contributed by atoms with Crippen molar-refractivity contribution in [1.29, 1.82) is 0 Å². The number of phenolic OH excluding ortho intramolecular Hbond substituents is 4. The number of aromatic hydroxyl groups is 5. The highest BCUT2D eigenvalue weighted by atomic mass is 16.4. The lowest BCUT2D eigenvalue weighted by molar-refractivity contribution is 0.103. The Balaban J connectivity index is 2.15. The number of phenols is 4. The summed E-state index contributed by atoms with van der Waals surface area (Å²) in [5, 5.41) is 50.3. The van der Waals surface area contributed by atoms with E-state index >= 15 is 0 Å². The smallest absolute Gasteiger partial charge is 0.339 e. The van der Waals surface area contributed by atoms with Crippen molar-refractivity contribution < 1.29 is 34.7 Å². The molecule has 0 aliphatic carbocycles. The van der Waals surface area contributed by atoms with Gasteiger partial charge in [0, 0.05) is 24.6 Å². The van der Waals surface area contributed by atoms with E-state index in [1.54, 1.807) is 0 Å². The highest BCUT2D eigenvalue weighted by molar-refractivity contribution is 6.14. The predicted molar refractivity (Wildman–Crippen MR) is 111 cm³/mol. The summed E-state index contributed by atoms with van der Waals surface area (Å²) >= 11 is 0. The summed E-state index contributed by atoms with van der Waals surface area (Å²) in [6.45, 7) is 1.96. The molecule has 0 spiro atoms. The van der Waals surface area contributed by atoms with Crippen molar-refractivity contribution in [1.82, 2.24) is 0 Å². The van der Waals surface area contributed by atoms with E-state index in [4.69, 9.17) is 4.42 Å². The van der Waals surface area contributed by atoms with E-state index in [2.05, 4.69) is 0 Å². The average Bonchev–Trinajstić information content (AvgIpc) is 2.64. The minimum atomic E-state index is -0.801. The first-order valence-electron chi connectivity index (χ1n) is 9.67. The van der Waals surface area contributed by atoms with Crippen LogP contribution in [0.5, 0.6) is 28.7 Å². The number of unbranched alkanes of at least 4 members (excludes halogenated alkanes) is 1. The fourth-order valence-corrected chi connectivity index (χ4v) is 3.48. The second-order valence-electron chi connectivity index (χ2n) is 7.21. The molecule has 0 saturated heterocycles. The highest BCUT2D eigenvalue weighted by Gasteiger charge is 2.25. The van der Waals surface area contributed by atoms with E-state index in [1.165, 1.54) is 18.2 Å². The molecule has 1 aromatic heterocycles. The Morgan fingerprint density at radius 3 is 1.94 bits per heavy atom. The van der Waals surface area contributed by atoms with Gasteiger partial charge < -0.3 is 29.9 Å². The zero-order chi connectivity index (χ0) is 22.7. The Morgan fingerprint density at radius 1 is 0.806 bits per heavy atom. The van der Waals surface area contributed by atoms with Crippen LogP contribution in [0.4, 0.5) is 0 Å². The van der Waals surface area contributed by atoms with Gasteiger partial charge in [-0.15, -0.1) is 0 Å². The van der Waals surface area contributed by atoms with Crippen molar-refractivity contribution in [3.63, 3.8) is 0 Å². The predicted octanol–water partition coefficient (Wildman–Crippen LogP) is 3.33. The van der Waals surface area contributed by atoms with E-state index in [9.17, 15) is 35.1 Å². The normalized spacial score (nSPS) is 10.9.